The third-order valence-electron chi connectivity index (χ3n) is 10.8. The van der Waals surface area contributed by atoms with Crippen LogP contribution >= 0.6 is 11.8 Å². The van der Waals surface area contributed by atoms with E-state index in [1.54, 1.807) is 30.8 Å². The number of benzene rings is 3. The number of nitriles is 1. The number of carbonyl (C=O) groups is 1. The number of aryl methyl sites for hydroxylation is 2. The van der Waals surface area contributed by atoms with Crippen molar-refractivity contribution in [1.29, 1.82) is 10.5 Å². The molecule has 1 aliphatic carbocycles. The van der Waals surface area contributed by atoms with E-state index in [9.17, 15) is 10.1 Å². The number of anilines is 2. The fourth-order valence-electron chi connectivity index (χ4n) is 8.24. The first-order chi connectivity index (χ1) is 26.9. The molecule has 0 saturated carbocycles. The normalized spacial score (nSPS) is 16.8. The standard InChI is InChI=1S/C42H44N8O2S.CN.Cu/c1-47(2)40(51)35-22-32-27-48(20-11-21-50(32)46-35)39-34-28-52-42(23-36(34)44-41(45-39)53-3)19-10-16-31-17-18-37(33(24-43)38(31)42)49(25-29-12-6-4-7-13-29)26-30-14-8-5-9-15-30;1-2;/h4-9,12-15,17-18,22H,10-11,16,19-21,23,25-28H2,1-3H3;;/q;-1;+1. The Labute approximate surface area is 343 Å². The Morgan fingerprint density at radius 2 is 1.68 bits per heavy atom. The Morgan fingerprint density at radius 3 is 2.32 bits per heavy atom. The predicted molar refractivity (Wildman–Crippen MR) is 212 cm³/mol. The van der Waals surface area contributed by atoms with Crippen LogP contribution in [0.25, 0.3) is 0 Å². The van der Waals surface area contributed by atoms with Crippen molar-refractivity contribution < 1.29 is 26.6 Å². The van der Waals surface area contributed by atoms with Crippen LogP contribution in [0, 0.1) is 23.2 Å². The van der Waals surface area contributed by atoms with Gasteiger partial charge < -0.3 is 31.3 Å². The van der Waals surface area contributed by atoms with Gasteiger partial charge in [0.2, 0.25) is 0 Å². The van der Waals surface area contributed by atoms with Gasteiger partial charge in [0.05, 0.1) is 35.8 Å². The first-order valence-corrected chi connectivity index (χ1v) is 19.8. The summed E-state index contributed by atoms with van der Waals surface area (Å²) in [4.78, 5) is 29.1. The van der Waals surface area contributed by atoms with Crippen molar-refractivity contribution in [3.63, 3.8) is 0 Å². The number of fused-ring (bicyclic) bond motifs is 4. The SMILES string of the molecule is CSc1nc2c(c(N3CCCn4nc(C(=O)N(C)C)cc4C3)n1)COC1(CCCc3ccc(N(Cc4ccccc4)Cc4ccccc4)c(C#N)c31)C2.[C-]#N.[Cu+]. The third kappa shape index (κ3) is 8.05. The molecule has 0 bridgehead atoms. The van der Waals surface area contributed by atoms with E-state index >= 15 is 0 Å². The maximum atomic E-state index is 12.8. The van der Waals surface area contributed by atoms with E-state index < -0.39 is 5.60 Å². The fourth-order valence-corrected chi connectivity index (χ4v) is 8.61. The summed E-state index contributed by atoms with van der Waals surface area (Å²) in [6, 6.07) is 29.9. The number of ether oxygens (including phenoxy) is 1. The maximum absolute atomic E-state index is 12.8. The molecular formula is C43H44CuN9O2S. The van der Waals surface area contributed by atoms with E-state index in [-0.39, 0.29) is 23.0 Å². The van der Waals surface area contributed by atoms with Crippen LogP contribution in [-0.4, -0.2) is 57.5 Å². The molecule has 2 aliphatic heterocycles. The molecule has 1 atom stereocenters. The summed E-state index contributed by atoms with van der Waals surface area (Å²) in [5.41, 5.74) is 8.96. The molecule has 0 radical (unpaired) electrons. The summed E-state index contributed by atoms with van der Waals surface area (Å²) < 4.78 is 9.05. The molecule has 4 heterocycles. The van der Waals surface area contributed by atoms with E-state index in [0.29, 0.717) is 43.9 Å². The summed E-state index contributed by atoms with van der Waals surface area (Å²) >= 11 is 1.54. The first-order valence-electron chi connectivity index (χ1n) is 18.6. The molecule has 56 heavy (non-hydrogen) atoms. The molecule has 1 spiro atoms. The smallest absolute Gasteiger partial charge is 0.512 e. The molecule has 0 fully saturated rings. The molecule has 3 aromatic carbocycles. The second kappa shape index (κ2) is 17.7. The third-order valence-corrected chi connectivity index (χ3v) is 11.3. The number of thioether (sulfide) groups is 1. The van der Waals surface area contributed by atoms with Crippen LogP contribution in [0.5, 0.6) is 0 Å². The Kier molecular flexibility index (Phi) is 12.8. The zero-order chi connectivity index (χ0) is 38.5. The minimum atomic E-state index is -0.674. The van der Waals surface area contributed by atoms with Gasteiger partial charge in [-0.15, -0.1) is 0 Å². The van der Waals surface area contributed by atoms with Crippen LogP contribution in [0.1, 0.15) is 74.5 Å². The Hall–Kier alpha value is -5.17. The van der Waals surface area contributed by atoms with Gasteiger partial charge >= 0.3 is 17.1 Å². The largest absolute Gasteiger partial charge is 1.00 e. The molecule has 11 nitrogen and oxygen atoms in total. The van der Waals surface area contributed by atoms with Gasteiger partial charge in [0.1, 0.15) is 17.5 Å². The molecule has 8 rings (SSSR count). The minimum absolute atomic E-state index is 0. The Morgan fingerprint density at radius 1 is 0.982 bits per heavy atom. The second-order valence-corrected chi connectivity index (χ2v) is 15.2. The topological polar surface area (TPSA) is 127 Å². The van der Waals surface area contributed by atoms with Crippen molar-refractivity contribution in [3.05, 3.63) is 136 Å². The molecular weight excluding hydrogens is 770 g/mol. The van der Waals surface area contributed by atoms with E-state index in [4.69, 9.17) is 26.5 Å². The minimum Gasteiger partial charge on any atom is -0.512 e. The summed E-state index contributed by atoms with van der Waals surface area (Å²) in [5.74, 6) is 0.780. The van der Waals surface area contributed by atoms with E-state index in [2.05, 4.69) is 81.6 Å². The number of hydrogen-bond acceptors (Lipinski definition) is 10. The van der Waals surface area contributed by atoms with Crippen molar-refractivity contribution in [2.24, 2.45) is 0 Å². The van der Waals surface area contributed by atoms with Crippen LogP contribution in [0.15, 0.2) is 84.0 Å². The van der Waals surface area contributed by atoms with Gasteiger partial charge in [-0.05, 0) is 60.8 Å². The van der Waals surface area contributed by atoms with E-state index in [1.807, 2.05) is 29.1 Å². The van der Waals surface area contributed by atoms with Crippen LogP contribution in [0.4, 0.5) is 11.5 Å². The number of nitrogens with zero attached hydrogens (tertiary/aromatic N) is 9. The quantitative estimate of drug-likeness (QED) is 0.0701. The predicted octanol–water partition coefficient (Wildman–Crippen LogP) is 6.98. The molecule has 3 aliphatic rings. The van der Waals surface area contributed by atoms with Gasteiger partial charge in [-0.25, -0.2) is 9.97 Å². The molecule has 5 aromatic rings. The van der Waals surface area contributed by atoms with Gasteiger partial charge in [-0.1, -0.05) is 78.5 Å². The Bertz CT molecular complexity index is 2200. The van der Waals surface area contributed by atoms with Gasteiger partial charge in [0.25, 0.3) is 5.91 Å². The summed E-state index contributed by atoms with van der Waals surface area (Å²) in [6.45, 7) is 8.56. The second-order valence-electron chi connectivity index (χ2n) is 14.4. The Balaban J connectivity index is 0.00000174. The van der Waals surface area contributed by atoms with Gasteiger partial charge in [0.15, 0.2) is 10.9 Å². The summed E-state index contributed by atoms with van der Waals surface area (Å²) in [7, 11) is 3.50. The van der Waals surface area contributed by atoms with Crippen LogP contribution in [-0.2, 0) is 73.0 Å². The van der Waals surface area contributed by atoms with Crippen LogP contribution < -0.4 is 9.80 Å². The summed E-state index contributed by atoms with van der Waals surface area (Å²) in [5, 5.41) is 22.7. The maximum Gasteiger partial charge on any atom is 1.00 e. The zero-order valence-electron chi connectivity index (χ0n) is 31.8. The van der Waals surface area contributed by atoms with Gasteiger partial charge in [-0.3, -0.25) is 9.48 Å². The summed E-state index contributed by atoms with van der Waals surface area (Å²) in [6.07, 6.45) is 6.15. The fraction of sp³-hybridized carbons (Fsp3) is 0.349. The first kappa shape index (κ1) is 40.5. The zero-order valence-corrected chi connectivity index (χ0v) is 33.6. The molecule has 1 unspecified atom stereocenters. The molecule has 2 aromatic heterocycles. The number of aromatic nitrogens is 4. The number of hydrogen-bond donors (Lipinski definition) is 0. The van der Waals surface area contributed by atoms with E-state index in [1.165, 1.54) is 16.7 Å². The van der Waals surface area contributed by atoms with Crippen LogP contribution in [0.2, 0.25) is 0 Å². The molecule has 13 heteroatoms. The monoisotopic (exact) mass is 813 g/mol. The van der Waals surface area contributed by atoms with Crippen molar-refractivity contribution in [1.82, 2.24) is 24.6 Å². The molecule has 290 valence electrons. The average molecular weight is 814 g/mol. The molecule has 0 N–H and O–H groups in total. The van der Waals surface area contributed by atoms with Crippen molar-refractivity contribution in [2.75, 3.05) is 36.7 Å². The van der Waals surface area contributed by atoms with Crippen molar-refractivity contribution in [2.45, 2.75) is 75.6 Å². The van der Waals surface area contributed by atoms with Crippen molar-refractivity contribution >= 4 is 29.2 Å². The number of amides is 1. The van der Waals surface area contributed by atoms with Gasteiger partial charge in [0, 0.05) is 57.8 Å². The van der Waals surface area contributed by atoms with Crippen molar-refractivity contribution in [3.8, 4) is 6.07 Å². The molecule has 1 amide bonds. The average Bonchev–Trinajstić information content (AvgIpc) is 3.51. The molecule has 0 saturated heterocycles. The van der Waals surface area contributed by atoms with Crippen LogP contribution in [0.3, 0.4) is 0 Å². The van der Waals surface area contributed by atoms with E-state index in [0.717, 1.165) is 77.9 Å². The van der Waals surface area contributed by atoms with Gasteiger partial charge in [-0.2, -0.15) is 10.4 Å². The number of carbonyl (C=O) groups excluding carboxylic acids is 1. The number of rotatable bonds is 8.